The number of halogens is 1. The largest absolute Gasteiger partial charge is 0.497 e. The van der Waals surface area contributed by atoms with Crippen LogP contribution >= 0.6 is 11.6 Å². The van der Waals surface area contributed by atoms with Gasteiger partial charge in [0.25, 0.3) is 5.91 Å². The fourth-order valence-corrected chi connectivity index (χ4v) is 2.75. The van der Waals surface area contributed by atoms with Gasteiger partial charge >= 0.3 is 0 Å². The molecule has 28 heavy (non-hydrogen) atoms. The minimum atomic E-state index is -0.540. The molecular formula is C22H17ClN2O3. The molecule has 3 aromatic rings. The molecule has 0 aliphatic carbocycles. The third-order valence-electron chi connectivity index (χ3n) is 3.90. The smallest absolute Gasteiger partial charge is 0.259 e. The van der Waals surface area contributed by atoms with Crippen molar-refractivity contribution in [3.8, 4) is 5.75 Å². The second kappa shape index (κ2) is 8.97. The van der Waals surface area contributed by atoms with Crippen LogP contribution in [0.5, 0.6) is 5.75 Å². The number of rotatable bonds is 6. The minimum Gasteiger partial charge on any atom is -0.497 e. The average molecular weight is 393 g/mol. The molecule has 0 aliphatic heterocycles. The number of hydrogen-bond donors (Lipinski definition) is 1. The monoisotopic (exact) mass is 392 g/mol. The number of ketones is 1. The lowest BCUT2D eigenvalue weighted by Gasteiger charge is -2.10. The van der Waals surface area contributed by atoms with E-state index in [4.69, 9.17) is 16.3 Å². The van der Waals surface area contributed by atoms with E-state index in [1.807, 2.05) is 0 Å². The van der Waals surface area contributed by atoms with Gasteiger partial charge in [-0.1, -0.05) is 29.8 Å². The number of Topliss-reactive ketones (excluding diaryl/α,β-unsaturated/α-hetero) is 1. The molecule has 0 aliphatic rings. The molecule has 1 aromatic heterocycles. The molecule has 0 atom stereocenters. The summed E-state index contributed by atoms with van der Waals surface area (Å²) in [7, 11) is 1.54. The van der Waals surface area contributed by atoms with Crippen molar-refractivity contribution in [2.45, 2.75) is 0 Å². The molecule has 0 fully saturated rings. The van der Waals surface area contributed by atoms with Gasteiger partial charge in [0, 0.05) is 34.7 Å². The van der Waals surface area contributed by atoms with E-state index in [2.05, 4.69) is 10.3 Å². The number of carbonyl (C=O) groups excluding carboxylic acids is 2. The highest BCUT2D eigenvalue weighted by molar-refractivity contribution is 6.32. The predicted molar refractivity (Wildman–Crippen MR) is 110 cm³/mol. The van der Waals surface area contributed by atoms with E-state index >= 15 is 0 Å². The number of amides is 1. The number of nitrogens with one attached hydrogen (secondary N) is 1. The van der Waals surface area contributed by atoms with E-state index in [1.54, 1.807) is 66.9 Å². The van der Waals surface area contributed by atoms with Crippen LogP contribution in [-0.2, 0) is 4.79 Å². The van der Waals surface area contributed by atoms with Crippen molar-refractivity contribution in [1.29, 1.82) is 0 Å². The molecule has 0 spiro atoms. The van der Waals surface area contributed by atoms with Crippen LogP contribution in [0.4, 0.5) is 5.69 Å². The Bertz CT molecular complexity index is 1030. The lowest BCUT2D eigenvalue weighted by atomic mass is 10.0. The van der Waals surface area contributed by atoms with E-state index in [1.165, 1.54) is 19.4 Å². The number of methoxy groups -OCH3 is 1. The number of carbonyl (C=O) groups is 2. The third kappa shape index (κ3) is 4.84. The van der Waals surface area contributed by atoms with Gasteiger partial charge in [-0.3, -0.25) is 14.6 Å². The first-order chi connectivity index (χ1) is 13.6. The van der Waals surface area contributed by atoms with Crippen molar-refractivity contribution in [2.75, 3.05) is 12.4 Å². The summed E-state index contributed by atoms with van der Waals surface area (Å²) < 4.78 is 5.17. The molecule has 6 heteroatoms. The Morgan fingerprint density at radius 1 is 1.07 bits per heavy atom. The van der Waals surface area contributed by atoms with E-state index in [-0.39, 0.29) is 5.57 Å². The molecule has 0 saturated carbocycles. The van der Waals surface area contributed by atoms with E-state index in [0.29, 0.717) is 27.6 Å². The van der Waals surface area contributed by atoms with Gasteiger partial charge < -0.3 is 10.1 Å². The van der Waals surface area contributed by atoms with Gasteiger partial charge in [0.15, 0.2) is 5.78 Å². The molecular weight excluding hydrogens is 376 g/mol. The van der Waals surface area contributed by atoms with Crippen molar-refractivity contribution in [3.05, 3.63) is 94.8 Å². The maximum Gasteiger partial charge on any atom is 0.259 e. The summed E-state index contributed by atoms with van der Waals surface area (Å²) >= 11 is 6.03. The van der Waals surface area contributed by atoms with Crippen molar-refractivity contribution >= 4 is 35.1 Å². The molecule has 0 unspecified atom stereocenters. The predicted octanol–water partition coefficient (Wildman–Crippen LogP) is 4.65. The number of hydrogen-bond acceptors (Lipinski definition) is 4. The van der Waals surface area contributed by atoms with Crippen molar-refractivity contribution in [3.63, 3.8) is 0 Å². The Kier molecular flexibility index (Phi) is 6.19. The SMILES string of the molecule is COc1cccc(NC(=O)/C(=C/c2cccc(Cl)c2)C(=O)c2cccnc2)c1. The molecule has 5 nitrogen and oxygen atoms in total. The van der Waals surface area contributed by atoms with Crippen LogP contribution in [-0.4, -0.2) is 23.8 Å². The van der Waals surface area contributed by atoms with Crippen LogP contribution in [0.25, 0.3) is 6.08 Å². The zero-order valence-electron chi connectivity index (χ0n) is 15.1. The average Bonchev–Trinajstić information content (AvgIpc) is 2.72. The first kappa shape index (κ1) is 19.3. The molecule has 0 saturated heterocycles. The first-order valence-electron chi connectivity index (χ1n) is 8.44. The second-order valence-electron chi connectivity index (χ2n) is 5.87. The van der Waals surface area contributed by atoms with E-state index in [9.17, 15) is 9.59 Å². The fraction of sp³-hybridized carbons (Fsp3) is 0.0455. The summed E-state index contributed by atoms with van der Waals surface area (Å²) in [5.74, 6) is -0.382. The van der Waals surface area contributed by atoms with Crippen LogP contribution in [0, 0.1) is 0 Å². The molecule has 2 aromatic carbocycles. The van der Waals surface area contributed by atoms with Crippen LogP contribution in [0.2, 0.25) is 5.02 Å². The Morgan fingerprint density at radius 2 is 1.89 bits per heavy atom. The molecule has 0 radical (unpaired) electrons. The third-order valence-corrected chi connectivity index (χ3v) is 4.14. The van der Waals surface area contributed by atoms with Gasteiger partial charge in [0.05, 0.1) is 12.7 Å². The Morgan fingerprint density at radius 3 is 2.61 bits per heavy atom. The highest BCUT2D eigenvalue weighted by atomic mass is 35.5. The summed E-state index contributed by atoms with van der Waals surface area (Å²) in [6.07, 6.45) is 4.50. The van der Waals surface area contributed by atoms with Gasteiger partial charge in [-0.25, -0.2) is 0 Å². The number of pyridine rings is 1. The van der Waals surface area contributed by atoms with Gasteiger partial charge in [0.2, 0.25) is 0 Å². The highest BCUT2D eigenvalue weighted by Gasteiger charge is 2.20. The number of ether oxygens (including phenoxy) is 1. The van der Waals surface area contributed by atoms with Crippen molar-refractivity contribution in [2.24, 2.45) is 0 Å². The quantitative estimate of drug-likeness (QED) is 0.287. The number of nitrogens with zero attached hydrogens (tertiary/aromatic N) is 1. The Balaban J connectivity index is 1.97. The summed E-state index contributed by atoms with van der Waals surface area (Å²) in [4.78, 5) is 29.8. The van der Waals surface area contributed by atoms with Crippen molar-refractivity contribution in [1.82, 2.24) is 4.98 Å². The second-order valence-corrected chi connectivity index (χ2v) is 6.31. The van der Waals surface area contributed by atoms with Crippen LogP contribution in [0.15, 0.2) is 78.6 Å². The summed E-state index contributed by atoms with van der Waals surface area (Å²) in [6.45, 7) is 0. The van der Waals surface area contributed by atoms with Gasteiger partial charge in [-0.2, -0.15) is 0 Å². The van der Waals surface area contributed by atoms with E-state index in [0.717, 1.165) is 0 Å². The van der Waals surface area contributed by atoms with Gasteiger partial charge in [-0.05, 0) is 48.0 Å². The zero-order valence-corrected chi connectivity index (χ0v) is 15.8. The minimum absolute atomic E-state index is 0.0295. The normalized spacial score (nSPS) is 11.0. The number of aromatic nitrogens is 1. The van der Waals surface area contributed by atoms with Crippen LogP contribution in [0.1, 0.15) is 15.9 Å². The first-order valence-corrected chi connectivity index (χ1v) is 8.82. The maximum absolute atomic E-state index is 13.0. The molecule has 1 N–H and O–H groups in total. The molecule has 3 rings (SSSR count). The molecule has 0 bridgehead atoms. The lowest BCUT2D eigenvalue weighted by molar-refractivity contribution is -0.112. The van der Waals surface area contributed by atoms with E-state index < -0.39 is 11.7 Å². The molecule has 1 amide bonds. The van der Waals surface area contributed by atoms with Crippen LogP contribution < -0.4 is 10.1 Å². The Labute approximate surface area is 167 Å². The zero-order chi connectivity index (χ0) is 19.9. The molecule has 140 valence electrons. The standard InChI is InChI=1S/C22H17ClN2O3/c1-28-19-9-3-8-18(13-19)25-22(27)20(12-15-5-2-7-17(23)11-15)21(26)16-6-4-10-24-14-16/h2-14H,1H3,(H,25,27)/b20-12+. The highest BCUT2D eigenvalue weighted by Crippen LogP contribution is 2.20. The Hall–Kier alpha value is -3.44. The number of benzene rings is 2. The number of anilines is 1. The van der Waals surface area contributed by atoms with Gasteiger partial charge in [0.1, 0.15) is 5.75 Å². The van der Waals surface area contributed by atoms with Crippen LogP contribution in [0.3, 0.4) is 0 Å². The summed E-state index contributed by atoms with van der Waals surface area (Å²) in [6, 6.07) is 17.1. The van der Waals surface area contributed by atoms with Gasteiger partial charge in [-0.15, -0.1) is 0 Å². The summed E-state index contributed by atoms with van der Waals surface area (Å²) in [5.41, 5.74) is 1.44. The topological polar surface area (TPSA) is 68.3 Å². The lowest BCUT2D eigenvalue weighted by Crippen LogP contribution is -2.21. The van der Waals surface area contributed by atoms with Crippen molar-refractivity contribution < 1.29 is 14.3 Å². The summed E-state index contributed by atoms with van der Waals surface area (Å²) in [5, 5.41) is 3.25. The molecule has 1 heterocycles. The fourth-order valence-electron chi connectivity index (χ4n) is 2.55. The maximum atomic E-state index is 13.0.